The Bertz CT molecular complexity index is 105. The summed E-state index contributed by atoms with van der Waals surface area (Å²) in [4.78, 5) is 0. The van der Waals surface area contributed by atoms with Crippen LogP contribution in [0.4, 0.5) is 4.39 Å². The zero-order chi connectivity index (χ0) is 6.73. The minimum atomic E-state index is -1.53. The van der Waals surface area contributed by atoms with Crippen molar-refractivity contribution in [2.75, 3.05) is 0 Å². The summed E-state index contributed by atoms with van der Waals surface area (Å²) < 4.78 is 11.9. The van der Waals surface area contributed by atoms with E-state index in [1.807, 2.05) is 0 Å². The largest absolute Gasteiger partial charge is 0.513 e. The van der Waals surface area contributed by atoms with Crippen molar-refractivity contribution in [2.45, 2.75) is 20.1 Å². The number of nitrogens with two attached hydrogens (primary N) is 1. The molecule has 0 amide bonds. The molecular weight excluding hydrogens is 109 g/mol. The summed E-state index contributed by atoms with van der Waals surface area (Å²) in [6.45, 7) is 2.84. The fourth-order valence-corrected chi connectivity index (χ4v) is 0.200. The van der Waals surface area contributed by atoms with Gasteiger partial charge in [-0.3, -0.25) is 5.73 Å². The van der Waals surface area contributed by atoms with Crippen LogP contribution in [0.5, 0.6) is 0 Å². The van der Waals surface area contributed by atoms with Crippen LogP contribution in [0.25, 0.3) is 0 Å². The van der Waals surface area contributed by atoms with Gasteiger partial charge in [0.05, 0.1) is 5.76 Å². The van der Waals surface area contributed by atoms with E-state index in [0.29, 0.717) is 0 Å². The van der Waals surface area contributed by atoms with E-state index in [9.17, 15) is 4.39 Å². The van der Waals surface area contributed by atoms with E-state index in [4.69, 9.17) is 10.8 Å². The highest BCUT2D eigenvalue weighted by atomic mass is 19.1. The van der Waals surface area contributed by atoms with Crippen molar-refractivity contribution < 1.29 is 9.50 Å². The quantitative estimate of drug-likeness (QED) is 0.401. The van der Waals surface area contributed by atoms with Gasteiger partial charge in [-0.05, 0) is 13.8 Å². The van der Waals surface area contributed by atoms with Crippen LogP contribution in [-0.2, 0) is 0 Å². The molecule has 0 radical (unpaired) electrons. The summed E-state index contributed by atoms with van der Waals surface area (Å²) in [5, 5.41) is 8.55. The van der Waals surface area contributed by atoms with Gasteiger partial charge in [0.25, 0.3) is 0 Å². The van der Waals surface area contributed by atoms with Crippen molar-refractivity contribution in [2.24, 2.45) is 5.73 Å². The number of aliphatic hydroxyl groups excluding tert-OH is 1. The molecule has 0 aromatic heterocycles. The van der Waals surface area contributed by atoms with Gasteiger partial charge in [-0.15, -0.1) is 0 Å². The van der Waals surface area contributed by atoms with Crippen LogP contribution in [0.1, 0.15) is 13.8 Å². The first-order chi connectivity index (χ1) is 3.55. The third-order valence-corrected chi connectivity index (χ3v) is 0.984. The van der Waals surface area contributed by atoms with E-state index in [0.717, 1.165) is 0 Å². The lowest BCUT2D eigenvalue weighted by molar-refractivity contribution is 0.351. The van der Waals surface area contributed by atoms with E-state index in [-0.39, 0.29) is 11.3 Å². The van der Waals surface area contributed by atoms with Crippen molar-refractivity contribution in [3.63, 3.8) is 0 Å². The Hall–Kier alpha value is -0.570. The smallest absolute Gasteiger partial charge is 0.173 e. The first-order valence-electron chi connectivity index (χ1n) is 2.31. The van der Waals surface area contributed by atoms with Crippen LogP contribution >= 0.6 is 0 Å². The summed E-state index contributed by atoms with van der Waals surface area (Å²) in [7, 11) is 0. The molecule has 0 rings (SSSR count). The Balaban J connectivity index is 4.00. The average Bonchev–Trinajstić information content (AvgIpc) is 1.64. The zero-order valence-corrected chi connectivity index (χ0v) is 4.98. The predicted octanol–water partition coefficient (Wildman–Crippen LogP) is 1.09. The molecule has 0 aliphatic carbocycles. The van der Waals surface area contributed by atoms with Crippen molar-refractivity contribution in [3.8, 4) is 0 Å². The highest BCUT2D eigenvalue weighted by Gasteiger charge is 2.02. The second-order valence-corrected chi connectivity index (χ2v) is 1.67. The molecule has 0 saturated heterocycles. The number of aliphatic hydroxyl groups is 1. The third-order valence-electron chi connectivity index (χ3n) is 0.984. The summed E-state index contributed by atoms with van der Waals surface area (Å²) in [5.74, 6) is -0.0417. The van der Waals surface area contributed by atoms with E-state index in [1.54, 1.807) is 0 Å². The second kappa shape index (κ2) is 2.67. The normalized spacial score (nSPS) is 17.5. The maximum absolute atomic E-state index is 11.9. The first kappa shape index (κ1) is 7.43. The van der Waals surface area contributed by atoms with E-state index in [2.05, 4.69) is 0 Å². The maximum atomic E-state index is 11.9. The van der Waals surface area contributed by atoms with Crippen LogP contribution in [0.15, 0.2) is 11.3 Å². The fourth-order valence-electron chi connectivity index (χ4n) is 0.200. The van der Waals surface area contributed by atoms with Gasteiger partial charge in [-0.25, -0.2) is 4.39 Å². The van der Waals surface area contributed by atoms with Gasteiger partial charge in [0.1, 0.15) is 0 Å². The topological polar surface area (TPSA) is 46.2 Å². The minimum Gasteiger partial charge on any atom is -0.513 e. The van der Waals surface area contributed by atoms with Crippen LogP contribution in [0.3, 0.4) is 0 Å². The lowest BCUT2D eigenvalue weighted by atomic mass is 10.2. The molecule has 0 aromatic rings. The Morgan fingerprint density at radius 2 is 2.00 bits per heavy atom. The summed E-state index contributed by atoms with van der Waals surface area (Å²) in [6.07, 6.45) is -1.53. The van der Waals surface area contributed by atoms with Gasteiger partial charge in [0, 0.05) is 5.57 Å². The monoisotopic (exact) mass is 119 g/mol. The molecule has 0 aliphatic heterocycles. The Kier molecular flexibility index (Phi) is 2.48. The van der Waals surface area contributed by atoms with Crippen molar-refractivity contribution >= 4 is 0 Å². The fraction of sp³-hybridized carbons (Fsp3) is 0.600. The summed E-state index contributed by atoms with van der Waals surface area (Å²) in [5.41, 5.74) is 4.94. The molecule has 0 fully saturated rings. The van der Waals surface area contributed by atoms with Gasteiger partial charge in [-0.1, -0.05) is 0 Å². The maximum Gasteiger partial charge on any atom is 0.173 e. The molecule has 3 heteroatoms. The van der Waals surface area contributed by atoms with Crippen LogP contribution in [0, 0.1) is 0 Å². The highest BCUT2D eigenvalue weighted by molar-refractivity contribution is 5.05. The lowest BCUT2D eigenvalue weighted by Crippen LogP contribution is -2.15. The molecule has 0 aliphatic rings. The molecule has 1 unspecified atom stereocenters. The van der Waals surface area contributed by atoms with E-state index in [1.165, 1.54) is 13.8 Å². The Morgan fingerprint density at radius 1 is 1.62 bits per heavy atom. The van der Waals surface area contributed by atoms with Gasteiger partial charge >= 0.3 is 0 Å². The minimum absolute atomic E-state index is 0.0417. The summed E-state index contributed by atoms with van der Waals surface area (Å²) in [6, 6.07) is 0. The van der Waals surface area contributed by atoms with Crippen molar-refractivity contribution in [1.82, 2.24) is 0 Å². The molecule has 48 valence electrons. The number of halogens is 1. The molecule has 0 bridgehead atoms. The van der Waals surface area contributed by atoms with Crippen LogP contribution in [0.2, 0.25) is 0 Å². The number of allylic oxidation sites excluding steroid dienone is 1. The SMILES string of the molecule is C/C(O)=C(\C)C(N)F. The van der Waals surface area contributed by atoms with E-state index >= 15 is 0 Å². The number of hydrogen-bond donors (Lipinski definition) is 2. The number of rotatable bonds is 1. The zero-order valence-electron chi connectivity index (χ0n) is 4.98. The third kappa shape index (κ3) is 1.93. The van der Waals surface area contributed by atoms with E-state index < -0.39 is 6.30 Å². The molecule has 0 heterocycles. The second-order valence-electron chi connectivity index (χ2n) is 1.67. The molecule has 0 aromatic carbocycles. The predicted molar refractivity (Wildman–Crippen MR) is 30.1 cm³/mol. The molecule has 1 atom stereocenters. The molecule has 3 N–H and O–H groups in total. The standard InChI is InChI=1S/C5H10FNO/c1-3(4(2)8)5(6)7/h5,8H,7H2,1-2H3/b4-3-. The molecule has 8 heavy (non-hydrogen) atoms. The molecule has 0 spiro atoms. The Labute approximate surface area is 47.8 Å². The van der Waals surface area contributed by atoms with Gasteiger partial charge in [0.15, 0.2) is 6.30 Å². The van der Waals surface area contributed by atoms with Gasteiger partial charge in [-0.2, -0.15) is 0 Å². The van der Waals surface area contributed by atoms with Crippen molar-refractivity contribution in [3.05, 3.63) is 11.3 Å². The molecule has 0 saturated carbocycles. The molecular formula is C5H10FNO. The van der Waals surface area contributed by atoms with Gasteiger partial charge in [0.2, 0.25) is 0 Å². The molecule has 2 nitrogen and oxygen atoms in total. The average molecular weight is 119 g/mol. The van der Waals surface area contributed by atoms with Gasteiger partial charge < -0.3 is 5.11 Å². The van der Waals surface area contributed by atoms with Crippen LogP contribution < -0.4 is 5.73 Å². The summed E-state index contributed by atoms with van der Waals surface area (Å²) >= 11 is 0. The first-order valence-corrected chi connectivity index (χ1v) is 2.31. The Morgan fingerprint density at radius 3 is 2.00 bits per heavy atom. The lowest BCUT2D eigenvalue weighted by Gasteiger charge is -2.00. The van der Waals surface area contributed by atoms with Crippen LogP contribution in [-0.4, -0.2) is 11.4 Å². The number of alkyl halides is 1. The highest BCUT2D eigenvalue weighted by Crippen LogP contribution is 2.03. The van der Waals surface area contributed by atoms with Crippen molar-refractivity contribution in [1.29, 1.82) is 0 Å². The number of hydrogen-bond acceptors (Lipinski definition) is 2.